The van der Waals surface area contributed by atoms with Crippen LogP contribution in [0.5, 0.6) is 0 Å². The summed E-state index contributed by atoms with van der Waals surface area (Å²) in [6.07, 6.45) is 3.17. The minimum absolute atomic E-state index is 0.0121. The van der Waals surface area contributed by atoms with Gasteiger partial charge in [0, 0.05) is 6.04 Å². The summed E-state index contributed by atoms with van der Waals surface area (Å²) >= 11 is 0. The molecular formula is C7H8FN3O. The molecule has 0 bridgehead atoms. The van der Waals surface area contributed by atoms with Crippen LogP contribution < -0.4 is 5.32 Å². The first kappa shape index (κ1) is 7.27. The molecule has 2 rings (SSSR count). The quantitative estimate of drug-likeness (QED) is 0.674. The Hall–Kier alpha value is -1.39. The molecule has 1 heterocycles. The van der Waals surface area contributed by atoms with Crippen LogP contribution in [0.15, 0.2) is 6.20 Å². The highest BCUT2D eigenvalue weighted by molar-refractivity contribution is 5.94. The van der Waals surface area contributed by atoms with Gasteiger partial charge in [0.25, 0.3) is 5.91 Å². The maximum Gasteiger partial charge on any atom is 0.257 e. The minimum Gasteiger partial charge on any atom is -0.349 e. The Morgan fingerprint density at radius 3 is 3.00 bits per heavy atom. The molecule has 0 aromatic carbocycles. The molecule has 1 saturated carbocycles. The van der Waals surface area contributed by atoms with E-state index in [1.807, 2.05) is 0 Å². The molecule has 0 spiro atoms. The normalized spacial score (nSPS) is 16.1. The van der Waals surface area contributed by atoms with Gasteiger partial charge in [0.05, 0.1) is 6.20 Å². The van der Waals surface area contributed by atoms with Gasteiger partial charge in [-0.1, -0.05) is 0 Å². The van der Waals surface area contributed by atoms with E-state index in [9.17, 15) is 9.18 Å². The highest BCUT2D eigenvalue weighted by atomic mass is 19.1. The standard InChI is InChI=1S/C7H8FN3O/c8-6-5(3-9-11-6)7(12)10-4-1-2-4/h3-4H,1-2H2,(H,9,11)(H,10,12). The molecule has 5 heteroatoms. The van der Waals surface area contributed by atoms with Gasteiger partial charge in [-0.15, -0.1) is 0 Å². The first-order valence-electron chi connectivity index (χ1n) is 3.77. The Balaban J connectivity index is 2.07. The number of amides is 1. The fraction of sp³-hybridized carbons (Fsp3) is 0.429. The van der Waals surface area contributed by atoms with Crippen molar-refractivity contribution in [3.05, 3.63) is 17.7 Å². The summed E-state index contributed by atoms with van der Waals surface area (Å²) in [5.41, 5.74) is -0.0121. The summed E-state index contributed by atoms with van der Waals surface area (Å²) in [5.74, 6) is -1.06. The van der Waals surface area contributed by atoms with Gasteiger partial charge in [-0.25, -0.2) is 0 Å². The van der Waals surface area contributed by atoms with Crippen LogP contribution in [0.25, 0.3) is 0 Å². The third kappa shape index (κ3) is 1.30. The molecule has 12 heavy (non-hydrogen) atoms. The lowest BCUT2D eigenvalue weighted by Crippen LogP contribution is -2.25. The van der Waals surface area contributed by atoms with E-state index in [0.29, 0.717) is 0 Å². The molecule has 1 aliphatic rings. The van der Waals surface area contributed by atoms with Crippen LogP contribution in [0.2, 0.25) is 0 Å². The predicted molar refractivity (Wildman–Crippen MR) is 39.0 cm³/mol. The maximum absolute atomic E-state index is 12.7. The molecule has 1 amide bonds. The number of rotatable bonds is 2. The number of hydrogen-bond donors (Lipinski definition) is 2. The molecule has 64 valence electrons. The molecule has 0 saturated heterocycles. The third-order valence-corrected chi connectivity index (χ3v) is 1.75. The van der Waals surface area contributed by atoms with Crippen molar-refractivity contribution in [1.29, 1.82) is 0 Å². The van der Waals surface area contributed by atoms with E-state index < -0.39 is 5.95 Å². The zero-order chi connectivity index (χ0) is 8.55. The van der Waals surface area contributed by atoms with Crippen molar-refractivity contribution in [3.63, 3.8) is 0 Å². The van der Waals surface area contributed by atoms with Crippen molar-refractivity contribution in [3.8, 4) is 0 Å². The lowest BCUT2D eigenvalue weighted by molar-refractivity contribution is 0.0947. The van der Waals surface area contributed by atoms with Gasteiger partial charge in [-0.05, 0) is 12.8 Å². The Morgan fingerprint density at radius 1 is 1.75 bits per heavy atom. The molecule has 0 atom stereocenters. The summed E-state index contributed by atoms with van der Waals surface area (Å²) in [5, 5.41) is 8.13. The van der Waals surface area contributed by atoms with Gasteiger partial charge in [0.1, 0.15) is 5.56 Å². The van der Waals surface area contributed by atoms with Crippen LogP contribution in [-0.4, -0.2) is 22.1 Å². The Kier molecular flexibility index (Phi) is 1.56. The van der Waals surface area contributed by atoms with Gasteiger partial charge in [0.2, 0.25) is 5.95 Å². The molecule has 1 aromatic rings. The van der Waals surface area contributed by atoms with E-state index in [1.165, 1.54) is 6.20 Å². The van der Waals surface area contributed by atoms with Crippen LogP contribution in [-0.2, 0) is 0 Å². The smallest absolute Gasteiger partial charge is 0.257 e. The van der Waals surface area contributed by atoms with E-state index in [4.69, 9.17) is 0 Å². The van der Waals surface area contributed by atoms with E-state index >= 15 is 0 Å². The molecule has 2 N–H and O–H groups in total. The largest absolute Gasteiger partial charge is 0.349 e. The number of nitrogens with one attached hydrogen (secondary N) is 2. The molecule has 1 aliphatic carbocycles. The van der Waals surface area contributed by atoms with E-state index in [-0.39, 0.29) is 17.5 Å². The predicted octanol–water partition coefficient (Wildman–Crippen LogP) is 0.441. The number of H-pyrrole nitrogens is 1. The second-order valence-corrected chi connectivity index (χ2v) is 2.85. The summed E-state index contributed by atoms with van der Waals surface area (Å²) in [6.45, 7) is 0. The fourth-order valence-corrected chi connectivity index (χ4v) is 0.920. The number of aromatic nitrogens is 2. The van der Waals surface area contributed by atoms with E-state index in [0.717, 1.165) is 12.8 Å². The first-order valence-corrected chi connectivity index (χ1v) is 3.77. The van der Waals surface area contributed by atoms with Crippen molar-refractivity contribution in [2.45, 2.75) is 18.9 Å². The van der Waals surface area contributed by atoms with Crippen molar-refractivity contribution < 1.29 is 9.18 Å². The fourth-order valence-electron chi connectivity index (χ4n) is 0.920. The van der Waals surface area contributed by atoms with E-state index in [2.05, 4.69) is 15.5 Å². The maximum atomic E-state index is 12.7. The number of halogens is 1. The monoisotopic (exact) mass is 169 g/mol. The molecule has 0 radical (unpaired) electrons. The number of nitrogens with zero attached hydrogens (tertiary/aromatic N) is 1. The third-order valence-electron chi connectivity index (χ3n) is 1.75. The molecular weight excluding hydrogens is 161 g/mol. The number of carbonyl (C=O) groups excluding carboxylic acids is 1. The van der Waals surface area contributed by atoms with Crippen LogP contribution >= 0.6 is 0 Å². The van der Waals surface area contributed by atoms with Gasteiger partial charge in [-0.2, -0.15) is 9.49 Å². The summed E-state index contributed by atoms with van der Waals surface area (Å²) < 4.78 is 12.7. The topological polar surface area (TPSA) is 57.8 Å². The Bertz CT molecular complexity index is 305. The average molecular weight is 169 g/mol. The second kappa shape index (κ2) is 2.58. The lowest BCUT2D eigenvalue weighted by Gasteiger charge is -1.98. The summed E-state index contributed by atoms with van der Waals surface area (Å²) in [6, 6.07) is 0.242. The molecule has 0 aliphatic heterocycles. The molecule has 1 aromatic heterocycles. The molecule has 4 nitrogen and oxygen atoms in total. The average Bonchev–Trinajstić information content (AvgIpc) is 2.72. The second-order valence-electron chi connectivity index (χ2n) is 2.85. The van der Waals surface area contributed by atoms with E-state index in [1.54, 1.807) is 0 Å². The molecule has 0 unspecified atom stereocenters. The lowest BCUT2D eigenvalue weighted by atomic mass is 10.3. The van der Waals surface area contributed by atoms with Crippen molar-refractivity contribution >= 4 is 5.91 Å². The van der Waals surface area contributed by atoms with Crippen LogP contribution in [0, 0.1) is 5.95 Å². The zero-order valence-corrected chi connectivity index (χ0v) is 6.30. The van der Waals surface area contributed by atoms with Crippen LogP contribution in [0.4, 0.5) is 4.39 Å². The minimum atomic E-state index is -0.673. The van der Waals surface area contributed by atoms with Gasteiger partial charge in [-0.3, -0.25) is 9.89 Å². The zero-order valence-electron chi connectivity index (χ0n) is 6.30. The van der Waals surface area contributed by atoms with Gasteiger partial charge < -0.3 is 5.32 Å². The van der Waals surface area contributed by atoms with Crippen molar-refractivity contribution in [2.75, 3.05) is 0 Å². The number of carbonyl (C=O) groups is 1. The number of aromatic amines is 1. The van der Waals surface area contributed by atoms with Gasteiger partial charge in [0.15, 0.2) is 0 Å². The molecule has 1 fully saturated rings. The highest BCUT2D eigenvalue weighted by Gasteiger charge is 2.25. The Labute approximate surface area is 68.2 Å². The summed E-state index contributed by atoms with van der Waals surface area (Å²) in [4.78, 5) is 11.2. The highest BCUT2D eigenvalue weighted by Crippen LogP contribution is 2.19. The van der Waals surface area contributed by atoms with Crippen LogP contribution in [0.1, 0.15) is 23.2 Å². The van der Waals surface area contributed by atoms with Crippen molar-refractivity contribution in [2.24, 2.45) is 0 Å². The summed E-state index contributed by atoms with van der Waals surface area (Å²) in [7, 11) is 0. The first-order chi connectivity index (χ1) is 5.77. The SMILES string of the molecule is O=C(NC1CC1)c1cn[nH]c1F. The van der Waals surface area contributed by atoms with Crippen molar-refractivity contribution in [1.82, 2.24) is 15.5 Å². The van der Waals surface area contributed by atoms with Gasteiger partial charge >= 0.3 is 0 Å². The number of hydrogen-bond acceptors (Lipinski definition) is 2. The van der Waals surface area contributed by atoms with Crippen LogP contribution in [0.3, 0.4) is 0 Å². The Morgan fingerprint density at radius 2 is 2.50 bits per heavy atom.